The average Bonchev–Trinajstić information content (AvgIpc) is 3.17. The summed E-state index contributed by atoms with van der Waals surface area (Å²) in [5.41, 5.74) is 4.82. The number of nitrogens with two attached hydrogens (primary N) is 1. The number of sulfonamides is 3. The number of hydrogen-bond acceptors (Lipinski definition) is 16. The molecule has 2 N–H and O–H groups in total. The smallest absolute Gasteiger partial charge is 0.268 e. The molecular weight excluding hydrogens is 969 g/mol. The highest BCUT2D eigenvalue weighted by atomic mass is 32.2. The van der Waals surface area contributed by atoms with Gasteiger partial charge in [0.1, 0.15) is 0 Å². The first-order valence-electron chi connectivity index (χ1n) is 20.3. The van der Waals surface area contributed by atoms with Crippen LogP contribution in [0.15, 0.2) is 51.1 Å². The van der Waals surface area contributed by atoms with Crippen LogP contribution in [-0.2, 0) is 73.0 Å². The quantitative estimate of drug-likeness (QED) is 0.0696. The van der Waals surface area contributed by atoms with Gasteiger partial charge in [0.2, 0.25) is 30.1 Å². The molecule has 0 aliphatic rings. The molecule has 4 aromatic rings. The molecular formula is C40H62N4O15S6. The molecule has 368 valence electrons. The first-order chi connectivity index (χ1) is 29.2. The van der Waals surface area contributed by atoms with Gasteiger partial charge in [-0.1, -0.05) is 86.6 Å². The van der Waals surface area contributed by atoms with Crippen molar-refractivity contribution in [1.82, 2.24) is 12.9 Å². The molecule has 0 amide bonds. The molecule has 0 spiro atoms. The first kappa shape index (κ1) is 54.8. The maximum absolute atomic E-state index is 14.6. The zero-order valence-electron chi connectivity index (χ0n) is 38.8. The highest BCUT2D eigenvalue weighted by Gasteiger charge is 2.35. The van der Waals surface area contributed by atoms with Crippen molar-refractivity contribution in [3.8, 4) is 0 Å². The maximum Gasteiger partial charge on any atom is 0.268 e. The van der Waals surface area contributed by atoms with Crippen LogP contribution in [0.25, 0.3) is 32.3 Å². The molecule has 0 aromatic heterocycles. The molecule has 0 saturated carbocycles. The Bertz CT molecular complexity index is 2990. The molecule has 0 aliphatic carbocycles. The fourth-order valence-corrected chi connectivity index (χ4v) is 14.1. The fourth-order valence-electron chi connectivity index (χ4n) is 6.13. The molecule has 0 saturated heterocycles. The summed E-state index contributed by atoms with van der Waals surface area (Å²) in [6.07, 6.45) is 0. The summed E-state index contributed by atoms with van der Waals surface area (Å²) < 4.78 is 181. The lowest BCUT2D eigenvalue weighted by atomic mass is 9.93. The Morgan fingerprint density at radius 1 is 0.431 bits per heavy atom. The third-order valence-electron chi connectivity index (χ3n) is 9.86. The molecule has 0 unspecified atom stereocenters. The van der Waals surface area contributed by atoms with E-state index in [1.165, 1.54) is 30.3 Å². The SMILES string of the molecule is CN(CCS(=O)(=O)OCC(C)(C)C)S(=O)(=O)c1cc(N)c2ccc3c(S(=O)(=O)N(C)CCS(=O)(=O)OCC(C)(C)C)cc(S(=O)(=O)N(C)CCS(=O)(=O)OCC(C)(C)C)c4ccc1c2c34. The van der Waals surface area contributed by atoms with Gasteiger partial charge in [-0.2, -0.15) is 38.2 Å². The molecule has 0 heterocycles. The van der Waals surface area contributed by atoms with Crippen LogP contribution in [0.1, 0.15) is 62.3 Å². The highest BCUT2D eigenvalue weighted by molar-refractivity contribution is 7.91. The fraction of sp³-hybridized carbons (Fsp3) is 0.600. The highest BCUT2D eigenvalue weighted by Crippen LogP contribution is 2.45. The summed E-state index contributed by atoms with van der Waals surface area (Å²) in [7, 11) is -23.5. The predicted octanol–water partition coefficient (Wildman–Crippen LogP) is 4.21. The van der Waals surface area contributed by atoms with Gasteiger partial charge in [-0.25, -0.2) is 25.3 Å². The monoisotopic (exact) mass is 1030 g/mol. The lowest BCUT2D eigenvalue weighted by molar-refractivity contribution is 0.203. The normalized spacial score (nSPS) is 14.6. The van der Waals surface area contributed by atoms with E-state index in [-0.39, 0.29) is 57.8 Å². The van der Waals surface area contributed by atoms with Crippen molar-refractivity contribution in [1.29, 1.82) is 0 Å². The largest absolute Gasteiger partial charge is 0.398 e. The van der Waals surface area contributed by atoms with E-state index >= 15 is 0 Å². The second-order valence-electron chi connectivity index (χ2n) is 19.6. The topological polar surface area (TPSA) is 268 Å². The van der Waals surface area contributed by atoms with E-state index in [0.717, 1.165) is 40.1 Å². The van der Waals surface area contributed by atoms with Gasteiger partial charge in [0.05, 0.1) is 51.8 Å². The van der Waals surface area contributed by atoms with Crippen LogP contribution in [-0.4, -0.2) is 141 Å². The van der Waals surface area contributed by atoms with Crippen molar-refractivity contribution in [2.45, 2.75) is 77.0 Å². The van der Waals surface area contributed by atoms with Crippen LogP contribution in [0.2, 0.25) is 0 Å². The Kier molecular flexibility index (Phi) is 16.0. The summed E-state index contributed by atoms with van der Waals surface area (Å²) in [5, 5.41) is 0.0230. The molecule has 4 aromatic carbocycles. The van der Waals surface area contributed by atoms with Crippen LogP contribution in [0.5, 0.6) is 0 Å². The van der Waals surface area contributed by atoms with E-state index in [0.29, 0.717) is 0 Å². The number of nitrogen functional groups attached to an aromatic ring is 1. The van der Waals surface area contributed by atoms with Gasteiger partial charge in [-0.3, -0.25) is 12.5 Å². The van der Waals surface area contributed by atoms with E-state index in [4.69, 9.17) is 18.3 Å². The number of nitrogens with zero attached hydrogens (tertiary/aromatic N) is 3. The van der Waals surface area contributed by atoms with Gasteiger partial charge < -0.3 is 5.73 Å². The van der Waals surface area contributed by atoms with E-state index in [1.807, 2.05) is 0 Å². The number of anilines is 1. The molecule has 25 heteroatoms. The summed E-state index contributed by atoms with van der Waals surface area (Å²) >= 11 is 0. The zero-order valence-corrected chi connectivity index (χ0v) is 43.7. The molecule has 0 aliphatic heterocycles. The number of benzene rings is 4. The van der Waals surface area contributed by atoms with Gasteiger partial charge in [0.15, 0.2) is 0 Å². The molecule has 0 radical (unpaired) electrons. The Morgan fingerprint density at radius 3 is 0.954 bits per heavy atom. The van der Waals surface area contributed by atoms with Gasteiger partial charge in [0, 0.05) is 78.8 Å². The minimum Gasteiger partial charge on any atom is -0.398 e. The van der Waals surface area contributed by atoms with Gasteiger partial charge in [0.25, 0.3) is 30.4 Å². The van der Waals surface area contributed by atoms with Crippen molar-refractivity contribution < 1.29 is 63.1 Å². The van der Waals surface area contributed by atoms with Gasteiger partial charge in [-0.05, 0) is 28.4 Å². The van der Waals surface area contributed by atoms with Crippen molar-refractivity contribution in [3.63, 3.8) is 0 Å². The second-order valence-corrected chi connectivity index (χ2v) is 31.0. The second kappa shape index (κ2) is 18.9. The Morgan fingerprint density at radius 2 is 0.677 bits per heavy atom. The minimum atomic E-state index is -4.80. The molecule has 4 rings (SSSR count). The third kappa shape index (κ3) is 13.5. The predicted molar refractivity (Wildman–Crippen MR) is 252 cm³/mol. The molecule has 0 fully saturated rings. The van der Waals surface area contributed by atoms with Crippen LogP contribution >= 0.6 is 0 Å². The molecule has 65 heavy (non-hydrogen) atoms. The minimum absolute atomic E-state index is 0.0187. The van der Waals surface area contributed by atoms with E-state index in [1.54, 1.807) is 62.3 Å². The summed E-state index contributed by atoms with van der Waals surface area (Å²) in [5.74, 6) is -2.23. The lowest BCUT2D eigenvalue weighted by Gasteiger charge is -2.25. The number of rotatable bonds is 21. The summed E-state index contributed by atoms with van der Waals surface area (Å²) in [6, 6.07) is 7.47. The average molecular weight is 1030 g/mol. The van der Waals surface area contributed by atoms with Crippen LogP contribution in [0.3, 0.4) is 0 Å². The Balaban J connectivity index is 1.96. The van der Waals surface area contributed by atoms with Crippen LogP contribution in [0.4, 0.5) is 5.69 Å². The van der Waals surface area contributed by atoms with Crippen LogP contribution < -0.4 is 5.73 Å². The standard InChI is InChI=1S/C40H62N4O15S6/c1-38(2,3)25-57-60(45,46)20-17-42(10)63(51,52)33-23-32(41)28-13-14-30-34(64(53,54)43(11)18-21-61(47,48)58-26-39(4,5)6)24-35(31-16-15-29(33)36(28)37(30)31)65(55,56)44(12)19-22-62(49,50)59-27-40(7,8)9/h13-16,23-24H,17-22,25-27,41H2,1-12H3. The van der Waals surface area contributed by atoms with E-state index < -0.39 is 128 Å². The van der Waals surface area contributed by atoms with Crippen molar-refractivity contribution in [3.05, 3.63) is 36.4 Å². The maximum atomic E-state index is 14.6. The first-order valence-corrected chi connectivity index (χ1v) is 29.3. The van der Waals surface area contributed by atoms with Crippen molar-refractivity contribution in [2.24, 2.45) is 16.2 Å². The number of hydrogen-bond donors (Lipinski definition) is 1. The molecule has 0 bridgehead atoms. The Labute approximate surface area is 385 Å². The third-order valence-corrected chi connectivity index (χ3v) is 19.0. The lowest BCUT2D eigenvalue weighted by Crippen LogP contribution is -2.34. The van der Waals surface area contributed by atoms with Gasteiger partial charge >= 0.3 is 0 Å². The summed E-state index contributed by atoms with van der Waals surface area (Å²) in [4.78, 5) is -1.61. The van der Waals surface area contributed by atoms with Crippen LogP contribution in [0, 0.1) is 16.2 Å². The van der Waals surface area contributed by atoms with E-state index in [9.17, 15) is 50.5 Å². The zero-order chi connectivity index (χ0) is 49.7. The van der Waals surface area contributed by atoms with Gasteiger partial charge in [-0.15, -0.1) is 0 Å². The molecule has 0 atom stereocenters. The van der Waals surface area contributed by atoms with Crippen molar-refractivity contribution >= 4 is 98.4 Å². The molecule has 19 nitrogen and oxygen atoms in total. The Hall–Kier alpha value is -2.82. The van der Waals surface area contributed by atoms with E-state index in [2.05, 4.69) is 0 Å². The van der Waals surface area contributed by atoms with Crippen molar-refractivity contribution in [2.75, 3.05) is 83.6 Å². The summed E-state index contributed by atoms with van der Waals surface area (Å²) in [6.45, 7) is 13.5.